The smallest absolute Gasteiger partial charge is 0.262 e. The number of aryl methyl sites for hydroxylation is 3. The van der Waals surface area contributed by atoms with E-state index in [0.717, 1.165) is 35.4 Å². The van der Waals surface area contributed by atoms with Crippen molar-refractivity contribution in [2.75, 3.05) is 13.1 Å². The van der Waals surface area contributed by atoms with E-state index >= 15 is 0 Å². The van der Waals surface area contributed by atoms with E-state index in [-0.39, 0.29) is 10.9 Å². The Bertz CT molecular complexity index is 1100. The number of aromatic nitrogens is 5. The molecule has 1 unspecified atom stereocenters. The average molecular weight is 401 g/mol. The number of imidazole rings is 1. The molecule has 0 aromatic carbocycles. The SMILES string of the molecule is Cc1cc(-c2cnn(C)c2)cc(C2CCCN(S(=O)(=O)c3cn(C)cn3)C2)n1. The summed E-state index contributed by atoms with van der Waals surface area (Å²) in [5.41, 5.74) is 3.93. The van der Waals surface area contributed by atoms with E-state index in [2.05, 4.69) is 16.1 Å². The lowest BCUT2D eigenvalue weighted by Gasteiger charge is -2.31. The molecule has 1 aliphatic heterocycles. The quantitative estimate of drug-likeness (QED) is 0.669. The van der Waals surface area contributed by atoms with E-state index < -0.39 is 10.0 Å². The molecule has 9 heteroatoms. The van der Waals surface area contributed by atoms with Crippen molar-refractivity contribution in [1.82, 2.24) is 28.6 Å². The van der Waals surface area contributed by atoms with Gasteiger partial charge in [-0.25, -0.2) is 13.4 Å². The van der Waals surface area contributed by atoms with Gasteiger partial charge in [0.2, 0.25) is 0 Å². The topological polar surface area (TPSA) is 85.9 Å². The van der Waals surface area contributed by atoms with Crippen LogP contribution in [-0.4, -0.2) is 50.1 Å². The number of piperidine rings is 1. The van der Waals surface area contributed by atoms with E-state index in [1.54, 1.807) is 22.5 Å². The van der Waals surface area contributed by atoms with Crippen molar-refractivity contribution in [3.8, 4) is 11.1 Å². The summed E-state index contributed by atoms with van der Waals surface area (Å²) < 4.78 is 30.9. The van der Waals surface area contributed by atoms with E-state index in [1.165, 1.54) is 10.6 Å². The van der Waals surface area contributed by atoms with Gasteiger partial charge < -0.3 is 4.57 Å². The van der Waals surface area contributed by atoms with Gasteiger partial charge in [-0.05, 0) is 37.5 Å². The number of hydrogen-bond acceptors (Lipinski definition) is 5. The average Bonchev–Trinajstić information content (AvgIpc) is 3.30. The second-order valence-corrected chi connectivity index (χ2v) is 9.29. The molecule has 1 saturated heterocycles. The molecule has 3 aromatic rings. The van der Waals surface area contributed by atoms with Crippen LogP contribution < -0.4 is 0 Å². The fourth-order valence-electron chi connectivity index (χ4n) is 3.70. The minimum absolute atomic E-state index is 0.0579. The van der Waals surface area contributed by atoms with Crippen LogP contribution in [0, 0.1) is 6.92 Å². The first kappa shape index (κ1) is 18.8. The third kappa shape index (κ3) is 3.59. The van der Waals surface area contributed by atoms with E-state index in [4.69, 9.17) is 4.98 Å². The van der Waals surface area contributed by atoms with Crippen LogP contribution >= 0.6 is 0 Å². The van der Waals surface area contributed by atoms with Gasteiger partial charge in [-0.3, -0.25) is 9.67 Å². The van der Waals surface area contributed by atoms with Gasteiger partial charge in [-0.1, -0.05) is 0 Å². The van der Waals surface area contributed by atoms with Crippen LogP contribution in [0.5, 0.6) is 0 Å². The molecule has 4 heterocycles. The van der Waals surface area contributed by atoms with Gasteiger partial charge >= 0.3 is 0 Å². The molecule has 4 rings (SSSR count). The lowest BCUT2D eigenvalue weighted by atomic mass is 9.93. The fourth-order valence-corrected chi connectivity index (χ4v) is 5.19. The van der Waals surface area contributed by atoms with Crippen molar-refractivity contribution in [3.63, 3.8) is 0 Å². The molecule has 148 valence electrons. The van der Waals surface area contributed by atoms with E-state index in [9.17, 15) is 8.42 Å². The number of rotatable bonds is 4. The molecule has 0 aliphatic carbocycles. The summed E-state index contributed by atoms with van der Waals surface area (Å²) >= 11 is 0. The summed E-state index contributed by atoms with van der Waals surface area (Å²) in [7, 11) is 0.0635. The second-order valence-electron chi connectivity index (χ2n) is 7.40. The maximum absolute atomic E-state index is 13.0. The Morgan fingerprint density at radius 3 is 2.64 bits per heavy atom. The number of nitrogens with zero attached hydrogens (tertiary/aromatic N) is 6. The van der Waals surface area contributed by atoms with Gasteiger partial charge in [0.15, 0.2) is 5.03 Å². The van der Waals surface area contributed by atoms with Crippen molar-refractivity contribution >= 4 is 10.0 Å². The minimum Gasteiger partial charge on any atom is -0.339 e. The first-order chi connectivity index (χ1) is 13.3. The third-order valence-electron chi connectivity index (χ3n) is 5.10. The number of pyridine rings is 1. The van der Waals surface area contributed by atoms with Crippen LogP contribution in [0.2, 0.25) is 0 Å². The zero-order chi connectivity index (χ0) is 19.9. The van der Waals surface area contributed by atoms with Gasteiger partial charge in [0.1, 0.15) is 0 Å². The van der Waals surface area contributed by atoms with Gasteiger partial charge in [0, 0.05) is 62.4 Å². The summed E-state index contributed by atoms with van der Waals surface area (Å²) in [6.45, 7) is 2.90. The van der Waals surface area contributed by atoms with E-state index in [1.807, 2.05) is 32.4 Å². The number of hydrogen-bond donors (Lipinski definition) is 0. The number of sulfonamides is 1. The summed E-state index contributed by atoms with van der Waals surface area (Å²) in [6, 6.07) is 4.09. The molecule has 0 N–H and O–H groups in total. The Kier molecular flexibility index (Phi) is 4.80. The molecule has 1 fully saturated rings. The molecule has 1 aliphatic rings. The predicted octanol–water partition coefficient (Wildman–Crippen LogP) is 2.09. The normalized spacial score (nSPS) is 18.5. The molecule has 28 heavy (non-hydrogen) atoms. The molecular formula is C19H24N6O2S. The first-order valence-corrected chi connectivity index (χ1v) is 10.7. The van der Waals surface area contributed by atoms with Crippen molar-refractivity contribution in [1.29, 1.82) is 0 Å². The van der Waals surface area contributed by atoms with Crippen LogP contribution in [0.4, 0.5) is 0 Å². The maximum Gasteiger partial charge on any atom is 0.262 e. The van der Waals surface area contributed by atoms with Crippen molar-refractivity contribution in [2.24, 2.45) is 14.1 Å². The van der Waals surface area contributed by atoms with Gasteiger partial charge in [0.05, 0.1) is 12.5 Å². The Morgan fingerprint density at radius 1 is 1.14 bits per heavy atom. The van der Waals surface area contributed by atoms with Crippen LogP contribution in [0.25, 0.3) is 11.1 Å². The molecule has 0 spiro atoms. The summed E-state index contributed by atoms with van der Waals surface area (Å²) in [5, 5.41) is 4.35. The lowest BCUT2D eigenvalue weighted by Crippen LogP contribution is -2.39. The van der Waals surface area contributed by atoms with Crippen LogP contribution in [-0.2, 0) is 24.1 Å². The summed E-state index contributed by atoms with van der Waals surface area (Å²) in [5.74, 6) is 0.0579. The highest BCUT2D eigenvalue weighted by atomic mass is 32.2. The van der Waals surface area contributed by atoms with Gasteiger partial charge in [-0.2, -0.15) is 9.40 Å². The summed E-state index contributed by atoms with van der Waals surface area (Å²) in [6.07, 6.45) is 8.57. The maximum atomic E-state index is 13.0. The molecule has 0 radical (unpaired) electrons. The Hall–Kier alpha value is -2.52. The molecule has 0 saturated carbocycles. The monoisotopic (exact) mass is 400 g/mol. The highest BCUT2D eigenvalue weighted by Crippen LogP contribution is 2.31. The lowest BCUT2D eigenvalue weighted by molar-refractivity contribution is 0.312. The highest BCUT2D eigenvalue weighted by molar-refractivity contribution is 7.89. The Morgan fingerprint density at radius 2 is 1.96 bits per heavy atom. The standard InChI is InChI=1S/C19H24N6O2S/c1-14-7-16(17-9-21-24(3)10-17)8-18(22-14)15-5-4-6-25(11-15)28(26,27)19-12-23(2)13-20-19/h7-10,12-13,15H,4-6,11H2,1-3H3. The molecule has 0 amide bonds. The van der Waals surface area contributed by atoms with E-state index in [0.29, 0.717) is 13.1 Å². The predicted molar refractivity (Wildman–Crippen MR) is 105 cm³/mol. The summed E-state index contributed by atoms with van der Waals surface area (Å²) in [4.78, 5) is 8.75. The molecular weight excluding hydrogens is 376 g/mol. The molecule has 3 aromatic heterocycles. The molecule has 8 nitrogen and oxygen atoms in total. The van der Waals surface area contributed by atoms with Crippen LogP contribution in [0.3, 0.4) is 0 Å². The van der Waals surface area contributed by atoms with Crippen LogP contribution in [0.15, 0.2) is 42.1 Å². The third-order valence-corrected chi connectivity index (χ3v) is 6.85. The van der Waals surface area contributed by atoms with Crippen LogP contribution in [0.1, 0.15) is 30.1 Å². The van der Waals surface area contributed by atoms with Crippen molar-refractivity contribution < 1.29 is 8.42 Å². The zero-order valence-electron chi connectivity index (χ0n) is 16.3. The first-order valence-electron chi connectivity index (χ1n) is 9.28. The fraction of sp³-hybridized carbons (Fsp3) is 0.421. The highest BCUT2D eigenvalue weighted by Gasteiger charge is 2.33. The Labute approximate surface area is 164 Å². The second kappa shape index (κ2) is 7.14. The van der Waals surface area contributed by atoms with Gasteiger partial charge in [-0.15, -0.1) is 0 Å². The van der Waals surface area contributed by atoms with Gasteiger partial charge in [0.25, 0.3) is 10.0 Å². The minimum atomic E-state index is -3.59. The van der Waals surface area contributed by atoms with Crippen molar-refractivity contribution in [2.45, 2.75) is 30.7 Å². The Balaban J connectivity index is 1.62. The molecule has 1 atom stereocenters. The molecule has 0 bridgehead atoms. The zero-order valence-corrected chi connectivity index (χ0v) is 17.1. The largest absolute Gasteiger partial charge is 0.339 e. The van der Waals surface area contributed by atoms with Crippen molar-refractivity contribution in [3.05, 3.63) is 48.4 Å².